The number of hydrogen-bond acceptors (Lipinski definition) is 2. The van der Waals surface area contributed by atoms with Crippen LogP contribution in [0.5, 0.6) is 0 Å². The van der Waals surface area contributed by atoms with Crippen molar-refractivity contribution in [2.24, 2.45) is 0 Å². The third-order valence-corrected chi connectivity index (χ3v) is 3.08. The Labute approximate surface area is 101 Å². The van der Waals surface area contributed by atoms with Crippen LogP contribution < -0.4 is 0 Å². The van der Waals surface area contributed by atoms with Crippen LogP contribution in [0.2, 0.25) is 5.02 Å². The summed E-state index contributed by atoms with van der Waals surface area (Å²) in [4.78, 5) is 0. The topological polar surface area (TPSA) is 29.5 Å². The van der Waals surface area contributed by atoms with Gasteiger partial charge in [-0.2, -0.15) is 0 Å². The molecule has 2 rings (SSSR count). The van der Waals surface area contributed by atoms with E-state index in [1.54, 1.807) is 6.26 Å². The molecule has 3 heteroatoms. The molecule has 0 spiro atoms. The molecule has 86 valence electrons. The molecule has 0 aliphatic carbocycles. The van der Waals surface area contributed by atoms with E-state index in [1.807, 2.05) is 25.1 Å². The average molecular weight is 239 g/mol. The van der Waals surface area contributed by atoms with E-state index < -0.39 is 6.10 Å². The summed E-state index contributed by atoms with van der Waals surface area (Å²) in [5.74, 6) is 0. The molecular weight excluding hydrogens is 224 g/mol. The molecule has 1 aromatic carbocycles. The van der Waals surface area contributed by atoms with Crippen molar-refractivity contribution in [3.05, 3.63) is 46.2 Å². The number of aliphatic hydroxyl groups excluding tert-OH is 1. The van der Waals surface area contributed by atoms with E-state index >= 15 is 0 Å². The Bertz CT molecular complexity index is 412. The number of halogens is 1. The molecule has 0 bridgehead atoms. The molecule has 0 saturated carbocycles. The van der Waals surface area contributed by atoms with Crippen molar-refractivity contribution in [1.82, 2.24) is 0 Å². The summed E-state index contributed by atoms with van der Waals surface area (Å²) in [7, 11) is 0. The van der Waals surface area contributed by atoms with Gasteiger partial charge in [0.05, 0.1) is 12.9 Å². The molecular formula is C13H15ClO2. The summed E-state index contributed by atoms with van der Waals surface area (Å²) in [5, 5.41) is 10.9. The zero-order chi connectivity index (χ0) is 11.5. The molecule has 2 nitrogen and oxygen atoms in total. The lowest BCUT2D eigenvalue weighted by molar-refractivity contribution is 0.170. The summed E-state index contributed by atoms with van der Waals surface area (Å²) in [6.07, 6.45) is 2.92. The van der Waals surface area contributed by atoms with E-state index in [4.69, 9.17) is 16.3 Å². The molecule has 1 aliphatic heterocycles. The Hall–Kier alpha value is -0.990. The van der Waals surface area contributed by atoms with Crippen molar-refractivity contribution in [3.63, 3.8) is 0 Å². The summed E-state index contributed by atoms with van der Waals surface area (Å²) in [6, 6.07) is 5.57. The van der Waals surface area contributed by atoms with Gasteiger partial charge in [0, 0.05) is 5.02 Å². The van der Waals surface area contributed by atoms with Crippen LogP contribution in [-0.4, -0.2) is 11.7 Å². The standard InChI is InChI=1S/C13H15ClO2/c1-9-4-5-11(14)7-12(9)13(15)10-3-2-6-16-8-10/h4-5,7-8,13,15H,2-3,6H2,1H3. The molecule has 16 heavy (non-hydrogen) atoms. The number of hydrogen-bond donors (Lipinski definition) is 1. The van der Waals surface area contributed by atoms with Crippen molar-refractivity contribution >= 4 is 11.6 Å². The first-order chi connectivity index (χ1) is 7.68. The van der Waals surface area contributed by atoms with Crippen molar-refractivity contribution in [3.8, 4) is 0 Å². The van der Waals surface area contributed by atoms with Crippen molar-refractivity contribution in [2.45, 2.75) is 25.9 Å². The molecule has 1 heterocycles. The first kappa shape index (κ1) is 11.5. The van der Waals surface area contributed by atoms with Gasteiger partial charge >= 0.3 is 0 Å². The number of aliphatic hydroxyl groups is 1. The highest BCUT2D eigenvalue weighted by atomic mass is 35.5. The van der Waals surface area contributed by atoms with Gasteiger partial charge in [0.25, 0.3) is 0 Å². The van der Waals surface area contributed by atoms with Gasteiger partial charge in [-0.3, -0.25) is 0 Å². The quantitative estimate of drug-likeness (QED) is 0.856. The minimum absolute atomic E-state index is 0.598. The molecule has 1 aliphatic rings. The molecule has 1 aromatic rings. The van der Waals surface area contributed by atoms with Crippen LogP contribution in [-0.2, 0) is 4.74 Å². The van der Waals surface area contributed by atoms with Gasteiger partial charge in [-0.15, -0.1) is 0 Å². The molecule has 0 aromatic heterocycles. The zero-order valence-electron chi connectivity index (χ0n) is 9.24. The summed E-state index contributed by atoms with van der Waals surface area (Å²) >= 11 is 5.94. The number of benzene rings is 1. The molecule has 0 fully saturated rings. The van der Waals surface area contributed by atoms with Crippen LogP contribution in [0.3, 0.4) is 0 Å². The highest BCUT2D eigenvalue weighted by Gasteiger charge is 2.18. The second kappa shape index (κ2) is 4.89. The first-order valence-electron chi connectivity index (χ1n) is 5.43. The van der Waals surface area contributed by atoms with E-state index in [0.29, 0.717) is 5.02 Å². The Morgan fingerprint density at radius 1 is 1.44 bits per heavy atom. The SMILES string of the molecule is Cc1ccc(Cl)cc1C(O)C1=COCCC1. The molecule has 1 N–H and O–H groups in total. The molecule has 1 unspecified atom stereocenters. The number of ether oxygens (including phenoxy) is 1. The predicted octanol–water partition coefficient (Wildman–Crippen LogP) is 3.38. The summed E-state index contributed by atoms with van der Waals surface area (Å²) < 4.78 is 5.24. The largest absolute Gasteiger partial charge is 0.501 e. The van der Waals surface area contributed by atoms with Crippen molar-refractivity contribution in [1.29, 1.82) is 0 Å². The monoisotopic (exact) mass is 238 g/mol. The highest BCUT2D eigenvalue weighted by molar-refractivity contribution is 6.30. The summed E-state index contributed by atoms with van der Waals surface area (Å²) in [5.41, 5.74) is 2.84. The predicted molar refractivity (Wildman–Crippen MR) is 64.4 cm³/mol. The Balaban J connectivity index is 2.29. The number of aryl methyl sites for hydroxylation is 1. The lowest BCUT2D eigenvalue weighted by atomic mass is 9.95. The van der Waals surface area contributed by atoms with Gasteiger partial charge < -0.3 is 9.84 Å². The maximum absolute atomic E-state index is 10.2. The van der Waals surface area contributed by atoms with Crippen LogP contribution in [0.25, 0.3) is 0 Å². The Morgan fingerprint density at radius 3 is 2.94 bits per heavy atom. The van der Waals surface area contributed by atoms with Crippen LogP contribution in [0, 0.1) is 6.92 Å². The van der Waals surface area contributed by atoms with Crippen LogP contribution in [0.1, 0.15) is 30.1 Å². The molecule has 0 amide bonds. The minimum Gasteiger partial charge on any atom is -0.501 e. The second-order valence-electron chi connectivity index (χ2n) is 4.07. The molecule has 0 saturated heterocycles. The Morgan fingerprint density at radius 2 is 2.25 bits per heavy atom. The second-order valence-corrected chi connectivity index (χ2v) is 4.51. The zero-order valence-corrected chi connectivity index (χ0v) is 10.00. The van der Waals surface area contributed by atoms with E-state index in [0.717, 1.165) is 36.1 Å². The third kappa shape index (κ3) is 2.39. The average Bonchev–Trinajstić information content (AvgIpc) is 2.32. The lowest BCUT2D eigenvalue weighted by Crippen LogP contribution is -2.09. The van der Waals surface area contributed by atoms with Gasteiger partial charge in [-0.25, -0.2) is 0 Å². The van der Waals surface area contributed by atoms with Crippen molar-refractivity contribution in [2.75, 3.05) is 6.61 Å². The first-order valence-corrected chi connectivity index (χ1v) is 5.81. The van der Waals surface area contributed by atoms with Gasteiger partial charge in [0.15, 0.2) is 0 Å². The smallest absolute Gasteiger partial charge is 0.104 e. The molecule has 0 radical (unpaired) electrons. The maximum Gasteiger partial charge on any atom is 0.104 e. The van der Waals surface area contributed by atoms with E-state index in [2.05, 4.69) is 0 Å². The van der Waals surface area contributed by atoms with Crippen LogP contribution in [0.15, 0.2) is 30.0 Å². The fraction of sp³-hybridized carbons (Fsp3) is 0.385. The van der Waals surface area contributed by atoms with Crippen LogP contribution >= 0.6 is 11.6 Å². The number of rotatable bonds is 2. The fourth-order valence-corrected chi connectivity index (χ4v) is 2.07. The Kier molecular flexibility index (Phi) is 3.52. The lowest BCUT2D eigenvalue weighted by Gasteiger charge is -2.20. The summed E-state index contributed by atoms with van der Waals surface area (Å²) in [6.45, 7) is 2.71. The van der Waals surface area contributed by atoms with Gasteiger partial charge in [0.1, 0.15) is 6.10 Å². The van der Waals surface area contributed by atoms with Gasteiger partial charge in [0.2, 0.25) is 0 Å². The van der Waals surface area contributed by atoms with Crippen molar-refractivity contribution < 1.29 is 9.84 Å². The van der Waals surface area contributed by atoms with Gasteiger partial charge in [-0.05, 0) is 48.6 Å². The fourth-order valence-electron chi connectivity index (χ4n) is 1.89. The maximum atomic E-state index is 10.2. The normalized spacial score (nSPS) is 17.6. The van der Waals surface area contributed by atoms with Crippen LogP contribution in [0.4, 0.5) is 0 Å². The van der Waals surface area contributed by atoms with Gasteiger partial charge in [-0.1, -0.05) is 17.7 Å². The molecule has 1 atom stereocenters. The highest BCUT2D eigenvalue weighted by Crippen LogP contribution is 2.30. The van der Waals surface area contributed by atoms with E-state index in [-0.39, 0.29) is 0 Å². The minimum atomic E-state index is -0.598. The van der Waals surface area contributed by atoms with E-state index in [9.17, 15) is 5.11 Å². The van der Waals surface area contributed by atoms with E-state index in [1.165, 1.54) is 0 Å². The third-order valence-electron chi connectivity index (χ3n) is 2.85.